The van der Waals surface area contributed by atoms with E-state index in [0.29, 0.717) is 19.3 Å². The molecule has 6 heteroatoms. The van der Waals surface area contributed by atoms with Crippen LogP contribution in [0.5, 0.6) is 0 Å². The molecule has 0 saturated heterocycles. The van der Waals surface area contributed by atoms with E-state index in [9.17, 15) is 14.4 Å². The van der Waals surface area contributed by atoms with E-state index in [0.717, 1.165) is 77.0 Å². The highest BCUT2D eigenvalue weighted by molar-refractivity contribution is 5.71. The minimum atomic E-state index is -0.775. The van der Waals surface area contributed by atoms with Crippen molar-refractivity contribution in [3.8, 4) is 0 Å². The van der Waals surface area contributed by atoms with Crippen LogP contribution in [0.1, 0.15) is 310 Å². The molecule has 0 aliphatic carbocycles. The van der Waals surface area contributed by atoms with Crippen LogP contribution in [-0.2, 0) is 28.6 Å². The molecule has 0 rings (SSSR count). The third-order valence-electron chi connectivity index (χ3n) is 13.1. The molecule has 0 aromatic heterocycles. The monoisotopic (exact) mass is 953 g/mol. The van der Waals surface area contributed by atoms with Crippen molar-refractivity contribution in [1.29, 1.82) is 0 Å². The number of esters is 3. The first kappa shape index (κ1) is 65.4. The van der Waals surface area contributed by atoms with Crippen LogP contribution in [-0.4, -0.2) is 37.2 Å². The van der Waals surface area contributed by atoms with Gasteiger partial charge in [0, 0.05) is 19.3 Å². The second-order valence-electron chi connectivity index (χ2n) is 19.9. The van der Waals surface area contributed by atoms with E-state index in [1.165, 1.54) is 193 Å². The van der Waals surface area contributed by atoms with Gasteiger partial charge in [0.15, 0.2) is 6.10 Å². The third kappa shape index (κ3) is 54.3. The van der Waals surface area contributed by atoms with Crippen molar-refractivity contribution in [2.24, 2.45) is 0 Å². The predicted molar refractivity (Wildman–Crippen MR) is 293 cm³/mol. The summed E-state index contributed by atoms with van der Waals surface area (Å²) in [6.45, 7) is 6.56. The SMILES string of the molecule is CC/C=C\C/C=C\C/C=C\CCCCCCCCCCCC(=O)OCC(COC(=O)CCCCCCCCCCCCCCCC)OC(=O)CCCCCCCCC/C=C\CCCCCCCC. The van der Waals surface area contributed by atoms with Crippen LogP contribution in [0.4, 0.5) is 0 Å². The summed E-state index contributed by atoms with van der Waals surface area (Å²) in [5.41, 5.74) is 0. The normalized spacial score (nSPS) is 12.3. The quantitative estimate of drug-likeness (QED) is 0.0262. The molecular formula is C62H112O6. The molecule has 1 unspecified atom stereocenters. The lowest BCUT2D eigenvalue weighted by Gasteiger charge is -2.18. The highest BCUT2D eigenvalue weighted by Crippen LogP contribution is 2.16. The molecule has 0 aliphatic rings. The Morgan fingerprint density at radius 1 is 0.309 bits per heavy atom. The highest BCUT2D eigenvalue weighted by atomic mass is 16.6. The average molecular weight is 954 g/mol. The first-order valence-electron chi connectivity index (χ1n) is 29.6. The van der Waals surface area contributed by atoms with E-state index >= 15 is 0 Å². The topological polar surface area (TPSA) is 78.9 Å². The van der Waals surface area contributed by atoms with Gasteiger partial charge in [-0.3, -0.25) is 14.4 Å². The zero-order chi connectivity index (χ0) is 49.3. The van der Waals surface area contributed by atoms with Crippen molar-refractivity contribution in [2.45, 2.75) is 316 Å². The Labute approximate surface area is 422 Å². The Balaban J connectivity index is 4.35. The molecule has 0 fully saturated rings. The minimum Gasteiger partial charge on any atom is -0.462 e. The fraction of sp³-hybridized carbons (Fsp3) is 0.823. The van der Waals surface area contributed by atoms with Crippen molar-refractivity contribution in [2.75, 3.05) is 13.2 Å². The van der Waals surface area contributed by atoms with Crippen LogP contribution in [0.25, 0.3) is 0 Å². The Bertz CT molecular complexity index is 1190. The Kier molecular flexibility index (Phi) is 54.8. The lowest BCUT2D eigenvalue weighted by atomic mass is 10.0. The molecule has 0 radical (unpaired) electrons. The summed E-state index contributed by atoms with van der Waals surface area (Å²) < 4.78 is 16.9. The Morgan fingerprint density at radius 2 is 0.574 bits per heavy atom. The molecule has 0 spiro atoms. The van der Waals surface area contributed by atoms with Crippen LogP contribution in [0.2, 0.25) is 0 Å². The summed E-state index contributed by atoms with van der Waals surface area (Å²) in [7, 11) is 0. The number of rotatable bonds is 54. The number of hydrogen-bond acceptors (Lipinski definition) is 6. The maximum absolute atomic E-state index is 12.9. The number of hydrogen-bond donors (Lipinski definition) is 0. The first-order chi connectivity index (χ1) is 33.5. The Hall–Kier alpha value is -2.63. The fourth-order valence-electron chi connectivity index (χ4n) is 8.63. The maximum Gasteiger partial charge on any atom is 0.306 e. The largest absolute Gasteiger partial charge is 0.462 e. The molecule has 0 amide bonds. The molecule has 0 N–H and O–H groups in total. The summed E-state index contributed by atoms with van der Waals surface area (Å²) in [5.74, 6) is -0.866. The van der Waals surface area contributed by atoms with Crippen LogP contribution in [0, 0.1) is 0 Å². The molecule has 6 nitrogen and oxygen atoms in total. The molecule has 1 atom stereocenters. The summed E-state index contributed by atoms with van der Waals surface area (Å²) in [6, 6.07) is 0. The van der Waals surface area contributed by atoms with Gasteiger partial charge >= 0.3 is 17.9 Å². The van der Waals surface area contributed by atoms with Crippen molar-refractivity contribution >= 4 is 17.9 Å². The predicted octanol–water partition coefficient (Wildman–Crippen LogP) is 19.8. The van der Waals surface area contributed by atoms with E-state index in [1.807, 2.05) is 0 Å². The fourth-order valence-corrected chi connectivity index (χ4v) is 8.63. The van der Waals surface area contributed by atoms with Gasteiger partial charge in [-0.2, -0.15) is 0 Å². The van der Waals surface area contributed by atoms with E-state index in [1.54, 1.807) is 0 Å². The molecular weight excluding hydrogens is 841 g/mol. The molecule has 0 heterocycles. The second-order valence-corrected chi connectivity index (χ2v) is 19.9. The third-order valence-corrected chi connectivity index (χ3v) is 13.1. The number of carbonyl (C=O) groups excluding carboxylic acids is 3. The van der Waals surface area contributed by atoms with Gasteiger partial charge in [0.05, 0.1) is 0 Å². The van der Waals surface area contributed by atoms with E-state index < -0.39 is 6.10 Å². The zero-order valence-electron chi connectivity index (χ0n) is 45.4. The van der Waals surface area contributed by atoms with E-state index in [2.05, 4.69) is 69.4 Å². The zero-order valence-corrected chi connectivity index (χ0v) is 45.4. The van der Waals surface area contributed by atoms with Crippen LogP contribution in [0.15, 0.2) is 48.6 Å². The minimum absolute atomic E-state index is 0.0730. The lowest BCUT2D eigenvalue weighted by molar-refractivity contribution is -0.167. The van der Waals surface area contributed by atoms with E-state index in [-0.39, 0.29) is 31.1 Å². The van der Waals surface area contributed by atoms with Crippen molar-refractivity contribution in [3.05, 3.63) is 48.6 Å². The second kappa shape index (κ2) is 57.0. The first-order valence-corrected chi connectivity index (χ1v) is 29.6. The maximum atomic E-state index is 12.9. The summed E-state index contributed by atoms with van der Waals surface area (Å²) >= 11 is 0. The standard InChI is InChI=1S/C62H112O6/c1-4-7-10-13-16-19-22-25-28-30-31-33-34-37-40-43-46-49-52-55-61(64)67-58-59(57-66-60(63)54-51-48-45-42-39-36-27-24-21-18-15-12-9-6-3)68-62(65)56-53-50-47-44-41-38-35-32-29-26-23-20-17-14-11-8-5-2/h7,10,16,19,25-26,28-29,59H,4-6,8-9,11-15,17-18,20-24,27,30-58H2,1-3H3/b10-7-,19-16-,28-25-,29-26-. The number of carbonyl (C=O) groups is 3. The molecule has 0 aromatic rings. The highest BCUT2D eigenvalue weighted by Gasteiger charge is 2.19. The van der Waals surface area contributed by atoms with Gasteiger partial charge in [-0.05, 0) is 77.0 Å². The summed E-state index contributed by atoms with van der Waals surface area (Å²) in [4.78, 5) is 38.2. The Morgan fingerprint density at radius 3 is 0.912 bits per heavy atom. The van der Waals surface area contributed by atoms with Gasteiger partial charge in [0.2, 0.25) is 0 Å². The number of ether oxygens (including phenoxy) is 3. The molecule has 0 bridgehead atoms. The average Bonchev–Trinajstić information content (AvgIpc) is 3.34. The van der Waals surface area contributed by atoms with Crippen LogP contribution < -0.4 is 0 Å². The van der Waals surface area contributed by atoms with Gasteiger partial charge in [0.25, 0.3) is 0 Å². The van der Waals surface area contributed by atoms with Crippen molar-refractivity contribution in [3.63, 3.8) is 0 Å². The number of unbranched alkanes of at least 4 members (excludes halogenated alkanes) is 35. The van der Waals surface area contributed by atoms with Gasteiger partial charge in [0.1, 0.15) is 13.2 Å². The van der Waals surface area contributed by atoms with E-state index in [4.69, 9.17) is 14.2 Å². The molecule has 396 valence electrons. The number of allylic oxidation sites excluding steroid dienone is 8. The molecule has 0 saturated carbocycles. The lowest BCUT2D eigenvalue weighted by Crippen LogP contribution is -2.30. The summed E-state index contributed by atoms with van der Waals surface area (Å²) in [6.07, 6.45) is 69.5. The van der Waals surface area contributed by atoms with Gasteiger partial charge < -0.3 is 14.2 Å². The van der Waals surface area contributed by atoms with Crippen molar-refractivity contribution in [1.82, 2.24) is 0 Å². The molecule has 0 aromatic carbocycles. The molecule has 0 aliphatic heterocycles. The van der Waals surface area contributed by atoms with Crippen LogP contribution in [0.3, 0.4) is 0 Å². The van der Waals surface area contributed by atoms with Gasteiger partial charge in [-0.15, -0.1) is 0 Å². The summed E-state index contributed by atoms with van der Waals surface area (Å²) in [5, 5.41) is 0. The van der Waals surface area contributed by atoms with Gasteiger partial charge in [-0.25, -0.2) is 0 Å². The van der Waals surface area contributed by atoms with Crippen molar-refractivity contribution < 1.29 is 28.6 Å². The smallest absolute Gasteiger partial charge is 0.306 e. The van der Waals surface area contributed by atoms with Crippen LogP contribution >= 0.6 is 0 Å². The molecule has 68 heavy (non-hydrogen) atoms. The van der Waals surface area contributed by atoms with Gasteiger partial charge in [-0.1, -0.05) is 262 Å².